The van der Waals surface area contributed by atoms with E-state index in [0.717, 1.165) is 25.7 Å². The molecule has 2 heterocycles. The topological polar surface area (TPSA) is 29.5 Å². The number of ether oxygens (including phenoxy) is 1. The SMILES string of the molecule is COC1CC2CCC(C1)N2C(=O)c1cccc(Cl)c1. The van der Waals surface area contributed by atoms with Crippen molar-refractivity contribution in [1.82, 2.24) is 4.90 Å². The van der Waals surface area contributed by atoms with Gasteiger partial charge in [0.2, 0.25) is 0 Å². The Morgan fingerprint density at radius 2 is 2.00 bits per heavy atom. The molecule has 0 aromatic heterocycles. The highest BCUT2D eigenvalue weighted by Crippen LogP contribution is 2.37. The average molecular weight is 280 g/mol. The molecule has 2 saturated heterocycles. The molecule has 2 aliphatic heterocycles. The molecule has 1 amide bonds. The highest BCUT2D eigenvalue weighted by atomic mass is 35.5. The lowest BCUT2D eigenvalue weighted by atomic mass is 9.98. The molecule has 2 unspecified atom stereocenters. The number of methoxy groups -OCH3 is 1. The Hall–Kier alpha value is -1.06. The fourth-order valence-electron chi connectivity index (χ4n) is 3.42. The Bertz CT molecular complexity index is 477. The summed E-state index contributed by atoms with van der Waals surface area (Å²) in [6, 6.07) is 7.89. The van der Waals surface area contributed by atoms with Crippen LogP contribution in [0.2, 0.25) is 5.02 Å². The monoisotopic (exact) mass is 279 g/mol. The first kappa shape index (κ1) is 12.9. The number of piperidine rings is 1. The molecule has 0 N–H and O–H groups in total. The molecule has 2 fully saturated rings. The van der Waals surface area contributed by atoms with Crippen LogP contribution in [-0.4, -0.2) is 36.1 Å². The summed E-state index contributed by atoms with van der Waals surface area (Å²) in [5, 5.41) is 0.616. The van der Waals surface area contributed by atoms with Crippen LogP contribution in [0.25, 0.3) is 0 Å². The molecule has 102 valence electrons. The predicted octanol–water partition coefficient (Wildman–Crippen LogP) is 3.12. The maximum absolute atomic E-state index is 12.6. The van der Waals surface area contributed by atoms with Crippen LogP contribution in [0, 0.1) is 0 Å². The molecule has 3 nitrogen and oxygen atoms in total. The van der Waals surface area contributed by atoms with Crippen molar-refractivity contribution in [1.29, 1.82) is 0 Å². The van der Waals surface area contributed by atoms with E-state index in [1.165, 1.54) is 0 Å². The first-order valence-electron chi connectivity index (χ1n) is 6.80. The molecule has 0 saturated carbocycles. The first-order chi connectivity index (χ1) is 9.19. The third-order valence-corrected chi connectivity index (χ3v) is 4.56. The third-order valence-electron chi connectivity index (χ3n) is 4.33. The van der Waals surface area contributed by atoms with Crippen LogP contribution >= 0.6 is 11.6 Å². The number of rotatable bonds is 2. The van der Waals surface area contributed by atoms with Gasteiger partial charge in [0.1, 0.15) is 0 Å². The number of nitrogens with zero attached hydrogens (tertiary/aromatic N) is 1. The molecular weight excluding hydrogens is 262 g/mol. The highest BCUT2D eigenvalue weighted by molar-refractivity contribution is 6.30. The van der Waals surface area contributed by atoms with Crippen molar-refractivity contribution in [2.75, 3.05) is 7.11 Å². The van der Waals surface area contributed by atoms with Crippen LogP contribution in [-0.2, 0) is 4.74 Å². The zero-order valence-corrected chi connectivity index (χ0v) is 11.8. The van der Waals surface area contributed by atoms with Crippen molar-refractivity contribution >= 4 is 17.5 Å². The molecule has 0 aliphatic carbocycles. The van der Waals surface area contributed by atoms with Gasteiger partial charge >= 0.3 is 0 Å². The van der Waals surface area contributed by atoms with Crippen molar-refractivity contribution in [2.45, 2.75) is 43.9 Å². The molecule has 2 bridgehead atoms. The molecule has 1 aromatic rings. The van der Waals surface area contributed by atoms with Crippen molar-refractivity contribution < 1.29 is 9.53 Å². The maximum Gasteiger partial charge on any atom is 0.254 e. The lowest BCUT2D eigenvalue weighted by molar-refractivity contribution is 0.00822. The molecule has 4 heteroatoms. The smallest absolute Gasteiger partial charge is 0.254 e. The number of amides is 1. The Balaban J connectivity index is 1.82. The van der Waals surface area contributed by atoms with Crippen LogP contribution in [0.1, 0.15) is 36.0 Å². The molecule has 19 heavy (non-hydrogen) atoms. The zero-order chi connectivity index (χ0) is 13.4. The van der Waals surface area contributed by atoms with Crippen molar-refractivity contribution in [3.05, 3.63) is 34.9 Å². The van der Waals surface area contributed by atoms with Gasteiger partial charge in [-0.2, -0.15) is 0 Å². The van der Waals surface area contributed by atoms with E-state index in [-0.39, 0.29) is 5.91 Å². The summed E-state index contributed by atoms with van der Waals surface area (Å²) in [5.41, 5.74) is 0.695. The predicted molar refractivity (Wildman–Crippen MR) is 74.5 cm³/mol. The van der Waals surface area contributed by atoms with Gasteiger partial charge in [0.05, 0.1) is 6.10 Å². The van der Waals surface area contributed by atoms with Crippen LogP contribution in [0.5, 0.6) is 0 Å². The van der Waals surface area contributed by atoms with Crippen molar-refractivity contribution in [2.24, 2.45) is 0 Å². The van der Waals surface area contributed by atoms with E-state index < -0.39 is 0 Å². The van der Waals surface area contributed by atoms with E-state index in [1.54, 1.807) is 19.2 Å². The molecular formula is C15H18ClNO2. The molecule has 2 aliphatic rings. The van der Waals surface area contributed by atoms with E-state index in [0.29, 0.717) is 28.8 Å². The van der Waals surface area contributed by atoms with E-state index >= 15 is 0 Å². The van der Waals surface area contributed by atoms with Crippen molar-refractivity contribution in [3.63, 3.8) is 0 Å². The standard InChI is InChI=1S/C15H18ClNO2/c1-19-14-8-12-5-6-13(9-14)17(12)15(18)10-3-2-4-11(16)7-10/h2-4,7,12-14H,5-6,8-9H2,1H3. The minimum absolute atomic E-state index is 0.115. The summed E-state index contributed by atoms with van der Waals surface area (Å²) in [7, 11) is 1.76. The van der Waals surface area contributed by atoms with E-state index in [2.05, 4.69) is 4.90 Å². The molecule has 1 aromatic carbocycles. The molecule has 2 atom stereocenters. The lowest BCUT2D eigenvalue weighted by Crippen LogP contribution is -2.48. The summed E-state index contributed by atoms with van der Waals surface area (Å²) in [6.45, 7) is 0. The van der Waals surface area contributed by atoms with Crippen LogP contribution < -0.4 is 0 Å². The summed E-state index contributed by atoms with van der Waals surface area (Å²) in [4.78, 5) is 14.7. The van der Waals surface area contributed by atoms with Crippen LogP contribution in [0.3, 0.4) is 0 Å². The van der Waals surface area contributed by atoms with Gasteiger partial charge in [0, 0.05) is 29.8 Å². The summed E-state index contributed by atoms with van der Waals surface area (Å²) < 4.78 is 5.47. The van der Waals surface area contributed by atoms with Gasteiger partial charge in [-0.1, -0.05) is 17.7 Å². The van der Waals surface area contributed by atoms with Gasteiger partial charge in [-0.3, -0.25) is 4.79 Å². The van der Waals surface area contributed by atoms with E-state index in [4.69, 9.17) is 16.3 Å². The number of hydrogen-bond acceptors (Lipinski definition) is 2. The van der Waals surface area contributed by atoms with Gasteiger partial charge in [-0.25, -0.2) is 0 Å². The second kappa shape index (κ2) is 5.14. The molecule has 0 radical (unpaired) electrons. The third kappa shape index (κ3) is 2.37. The van der Waals surface area contributed by atoms with Gasteiger partial charge in [0.15, 0.2) is 0 Å². The first-order valence-corrected chi connectivity index (χ1v) is 7.18. The average Bonchev–Trinajstić information content (AvgIpc) is 2.68. The highest BCUT2D eigenvalue weighted by Gasteiger charge is 2.43. The minimum Gasteiger partial charge on any atom is -0.381 e. The second-order valence-electron chi connectivity index (χ2n) is 5.44. The van der Waals surface area contributed by atoms with Crippen LogP contribution in [0.4, 0.5) is 0 Å². The van der Waals surface area contributed by atoms with Crippen LogP contribution in [0.15, 0.2) is 24.3 Å². The Morgan fingerprint density at radius 1 is 1.32 bits per heavy atom. The van der Waals surface area contributed by atoms with Crippen molar-refractivity contribution in [3.8, 4) is 0 Å². The van der Waals surface area contributed by atoms with E-state index in [1.807, 2.05) is 12.1 Å². The fraction of sp³-hybridized carbons (Fsp3) is 0.533. The van der Waals surface area contributed by atoms with Gasteiger partial charge in [0.25, 0.3) is 5.91 Å². The quantitative estimate of drug-likeness (QED) is 0.832. The Labute approximate surface area is 118 Å². The number of benzene rings is 1. The molecule has 3 rings (SSSR count). The second-order valence-corrected chi connectivity index (χ2v) is 5.87. The number of carbonyl (C=O) groups is 1. The Morgan fingerprint density at radius 3 is 2.58 bits per heavy atom. The summed E-state index contributed by atoms with van der Waals surface area (Å²) >= 11 is 5.97. The zero-order valence-electron chi connectivity index (χ0n) is 11.0. The van der Waals surface area contributed by atoms with Gasteiger partial charge in [-0.15, -0.1) is 0 Å². The number of fused-ring (bicyclic) bond motifs is 2. The van der Waals surface area contributed by atoms with E-state index in [9.17, 15) is 4.79 Å². The van der Waals surface area contributed by atoms with Gasteiger partial charge in [-0.05, 0) is 43.9 Å². The minimum atomic E-state index is 0.115. The normalized spacial score (nSPS) is 29.6. The summed E-state index contributed by atoms with van der Waals surface area (Å²) in [5.74, 6) is 0.115. The van der Waals surface area contributed by atoms with Gasteiger partial charge < -0.3 is 9.64 Å². The maximum atomic E-state index is 12.6. The largest absolute Gasteiger partial charge is 0.381 e. The summed E-state index contributed by atoms with van der Waals surface area (Å²) in [6.07, 6.45) is 4.41. The lowest BCUT2D eigenvalue weighted by Gasteiger charge is -2.38. The number of halogens is 1. The Kier molecular flexibility index (Phi) is 3.50. The molecule has 0 spiro atoms. The fourth-order valence-corrected chi connectivity index (χ4v) is 3.61. The number of hydrogen-bond donors (Lipinski definition) is 0. The number of carbonyl (C=O) groups excluding carboxylic acids is 1.